The largest absolute Gasteiger partial charge is 0.494 e. The molecule has 0 atom stereocenters. The predicted molar refractivity (Wildman–Crippen MR) is 97.6 cm³/mol. The van der Waals surface area contributed by atoms with E-state index in [1.54, 1.807) is 0 Å². The van der Waals surface area contributed by atoms with Crippen molar-refractivity contribution in [3.05, 3.63) is 65.5 Å². The molecule has 1 heterocycles. The molecule has 2 aromatic carbocycles. The summed E-state index contributed by atoms with van der Waals surface area (Å²) < 4.78 is 11.0. The van der Waals surface area contributed by atoms with E-state index in [1.807, 2.05) is 62.4 Å². The van der Waals surface area contributed by atoms with E-state index in [4.69, 9.17) is 9.15 Å². The minimum Gasteiger partial charge on any atom is -0.494 e. The predicted octanol–water partition coefficient (Wildman–Crippen LogP) is 3.30. The third-order valence-electron chi connectivity index (χ3n) is 3.88. The van der Waals surface area contributed by atoms with Gasteiger partial charge in [-0.25, -0.2) is 0 Å². The zero-order chi connectivity index (χ0) is 18.4. The average Bonchev–Trinajstić information content (AvgIpc) is 3.11. The lowest BCUT2D eigenvalue weighted by atomic mass is 10.1. The Labute approximate surface area is 152 Å². The van der Waals surface area contributed by atoms with Crippen LogP contribution in [0.2, 0.25) is 0 Å². The molecule has 0 bridgehead atoms. The van der Waals surface area contributed by atoms with Crippen molar-refractivity contribution in [1.82, 2.24) is 15.5 Å². The summed E-state index contributed by atoms with van der Waals surface area (Å²) in [6.07, 6.45) is 0.283. The molecule has 1 aromatic heterocycles. The summed E-state index contributed by atoms with van der Waals surface area (Å²) >= 11 is 0. The molecule has 0 saturated heterocycles. The summed E-state index contributed by atoms with van der Waals surface area (Å²) in [6.45, 7) is 4.74. The van der Waals surface area contributed by atoms with E-state index in [9.17, 15) is 4.79 Å². The van der Waals surface area contributed by atoms with Gasteiger partial charge in [0.05, 0.1) is 19.6 Å². The van der Waals surface area contributed by atoms with E-state index < -0.39 is 0 Å². The summed E-state index contributed by atoms with van der Waals surface area (Å²) in [5.74, 6) is 1.53. The minimum absolute atomic E-state index is 0.107. The number of nitrogens with one attached hydrogen (secondary N) is 1. The van der Waals surface area contributed by atoms with Gasteiger partial charge in [-0.05, 0) is 43.2 Å². The van der Waals surface area contributed by atoms with Gasteiger partial charge >= 0.3 is 0 Å². The Balaban J connectivity index is 1.54. The normalized spacial score (nSPS) is 10.5. The van der Waals surface area contributed by atoms with Crippen LogP contribution in [0.5, 0.6) is 5.75 Å². The number of benzene rings is 2. The Kier molecular flexibility index (Phi) is 5.63. The van der Waals surface area contributed by atoms with Crippen LogP contribution in [-0.2, 0) is 17.8 Å². The maximum Gasteiger partial charge on any atom is 0.248 e. The van der Waals surface area contributed by atoms with Crippen molar-refractivity contribution in [1.29, 1.82) is 0 Å². The summed E-state index contributed by atoms with van der Waals surface area (Å²) in [6, 6.07) is 15.3. The number of aromatic nitrogens is 2. The van der Waals surface area contributed by atoms with Crippen LogP contribution in [0, 0.1) is 6.92 Å². The molecule has 3 rings (SSSR count). The summed E-state index contributed by atoms with van der Waals surface area (Å²) in [4.78, 5) is 12.1. The van der Waals surface area contributed by atoms with Gasteiger partial charge in [0.25, 0.3) is 0 Å². The smallest absolute Gasteiger partial charge is 0.248 e. The zero-order valence-electron chi connectivity index (χ0n) is 14.9. The summed E-state index contributed by atoms with van der Waals surface area (Å²) in [7, 11) is 0. The fourth-order valence-electron chi connectivity index (χ4n) is 2.54. The van der Waals surface area contributed by atoms with Gasteiger partial charge in [-0.1, -0.05) is 30.3 Å². The van der Waals surface area contributed by atoms with Crippen LogP contribution in [0.3, 0.4) is 0 Å². The van der Waals surface area contributed by atoms with Crippen molar-refractivity contribution in [2.75, 3.05) is 6.61 Å². The molecule has 0 radical (unpaired) electrons. The third kappa shape index (κ3) is 4.47. The molecule has 134 valence electrons. The first-order chi connectivity index (χ1) is 12.7. The molecule has 1 N–H and O–H groups in total. The first-order valence-electron chi connectivity index (χ1n) is 8.52. The van der Waals surface area contributed by atoms with E-state index in [1.165, 1.54) is 0 Å². The number of carbonyl (C=O) groups excluding carboxylic acids is 1. The first-order valence-corrected chi connectivity index (χ1v) is 8.52. The lowest BCUT2D eigenvalue weighted by Crippen LogP contribution is -2.24. The number of amides is 1. The van der Waals surface area contributed by atoms with Crippen LogP contribution in [0.15, 0.2) is 52.9 Å². The Morgan fingerprint density at radius 3 is 2.62 bits per heavy atom. The molecular formula is C20H21N3O3. The quantitative estimate of drug-likeness (QED) is 0.707. The van der Waals surface area contributed by atoms with Gasteiger partial charge in [-0.3, -0.25) is 4.79 Å². The highest BCUT2D eigenvalue weighted by molar-refractivity contribution is 5.78. The van der Waals surface area contributed by atoms with Crippen molar-refractivity contribution < 1.29 is 13.9 Å². The first kappa shape index (κ1) is 17.7. The van der Waals surface area contributed by atoms with Crippen LogP contribution in [0.25, 0.3) is 11.5 Å². The van der Waals surface area contributed by atoms with Gasteiger partial charge < -0.3 is 14.5 Å². The SMILES string of the molecule is CCOc1ccc(CC(=O)NCc2nnc(-c3ccccc3C)o2)cc1. The second-order valence-electron chi connectivity index (χ2n) is 5.85. The molecule has 1 amide bonds. The standard InChI is InChI=1S/C20H21N3O3/c1-3-25-16-10-8-15(9-11-16)12-18(24)21-13-19-22-23-20(26-19)17-7-5-4-6-14(17)2/h4-11H,3,12-13H2,1-2H3,(H,21,24). The number of nitrogens with zero attached hydrogens (tertiary/aromatic N) is 2. The Hall–Kier alpha value is -3.15. The van der Waals surface area contributed by atoms with E-state index in [2.05, 4.69) is 15.5 Å². The van der Waals surface area contributed by atoms with Crippen molar-refractivity contribution in [2.24, 2.45) is 0 Å². The van der Waals surface area contributed by atoms with Crippen molar-refractivity contribution in [3.63, 3.8) is 0 Å². The molecule has 0 aliphatic rings. The third-order valence-corrected chi connectivity index (χ3v) is 3.88. The summed E-state index contributed by atoms with van der Waals surface area (Å²) in [5.41, 5.74) is 2.87. The lowest BCUT2D eigenvalue weighted by Gasteiger charge is -2.05. The molecule has 0 spiro atoms. The molecule has 26 heavy (non-hydrogen) atoms. The molecule has 0 aliphatic carbocycles. The van der Waals surface area contributed by atoms with E-state index >= 15 is 0 Å². The minimum atomic E-state index is -0.107. The molecular weight excluding hydrogens is 330 g/mol. The van der Waals surface area contributed by atoms with Gasteiger partial charge in [-0.15, -0.1) is 10.2 Å². The van der Waals surface area contributed by atoms with Crippen molar-refractivity contribution in [2.45, 2.75) is 26.8 Å². The number of hydrogen-bond acceptors (Lipinski definition) is 5. The lowest BCUT2D eigenvalue weighted by molar-refractivity contribution is -0.120. The van der Waals surface area contributed by atoms with Gasteiger partial charge in [0.1, 0.15) is 5.75 Å². The summed E-state index contributed by atoms with van der Waals surface area (Å²) in [5, 5.41) is 10.9. The van der Waals surface area contributed by atoms with E-state index in [0.717, 1.165) is 22.4 Å². The fraction of sp³-hybridized carbons (Fsp3) is 0.250. The maximum atomic E-state index is 12.1. The second kappa shape index (κ2) is 8.29. The Morgan fingerprint density at radius 1 is 1.12 bits per heavy atom. The molecule has 0 unspecified atom stereocenters. The molecule has 6 heteroatoms. The van der Waals surface area contributed by atoms with Crippen molar-refractivity contribution >= 4 is 5.91 Å². The van der Waals surface area contributed by atoms with Gasteiger partial charge in [0.15, 0.2) is 0 Å². The second-order valence-corrected chi connectivity index (χ2v) is 5.85. The van der Waals surface area contributed by atoms with Crippen LogP contribution in [0.1, 0.15) is 23.9 Å². The number of aryl methyl sites for hydroxylation is 1. The van der Waals surface area contributed by atoms with Gasteiger partial charge in [-0.2, -0.15) is 0 Å². The van der Waals surface area contributed by atoms with E-state index in [-0.39, 0.29) is 18.9 Å². The molecule has 0 aliphatic heterocycles. The van der Waals surface area contributed by atoms with Crippen molar-refractivity contribution in [3.8, 4) is 17.2 Å². The monoisotopic (exact) mass is 351 g/mol. The average molecular weight is 351 g/mol. The number of hydrogen-bond donors (Lipinski definition) is 1. The number of ether oxygens (including phenoxy) is 1. The van der Waals surface area contributed by atoms with Crippen LogP contribution in [-0.4, -0.2) is 22.7 Å². The molecule has 3 aromatic rings. The Morgan fingerprint density at radius 2 is 1.88 bits per heavy atom. The van der Waals surface area contributed by atoms with E-state index in [0.29, 0.717) is 18.4 Å². The molecule has 0 saturated carbocycles. The van der Waals surface area contributed by atoms with Gasteiger partial charge in [0.2, 0.25) is 17.7 Å². The highest BCUT2D eigenvalue weighted by Gasteiger charge is 2.11. The maximum absolute atomic E-state index is 12.1. The van der Waals surface area contributed by atoms with Crippen LogP contribution in [0.4, 0.5) is 0 Å². The van der Waals surface area contributed by atoms with Crippen LogP contribution < -0.4 is 10.1 Å². The molecule has 6 nitrogen and oxygen atoms in total. The highest BCUT2D eigenvalue weighted by atomic mass is 16.5. The topological polar surface area (TPSA) is 77.2 Å². The number of rotatable bonds is 7. The fourth-order valence-corrected chi connectivity index (χ4v) is 2.54. The Bertz CT molecular complexity index is 872. The highest BCUT2D eigenvalue weighted by Crippen LogP contribution is 2.21. The molecule has 0 fully saturated rings. The van der Waals surface area contributed by atoms with Crippen LogP contribution >= 0.6 is 0 Å². The number of carbonyl (C=O) groups is 1. The van der Waals surface area contributed by atoms with Gasteiger partial charge in [0, 0.05) is 5.56 Å². The zero-order valence-corrected chi connectivity index (χ0v) is 14.9.